The van der Waals surface area contributed by atoms with Crippen LogP contribution in [0.3, 0.4) is 0 Å². The van der Waals surface area contributed by atoms with Gasteiger partial charge >= 0.3 is 0 Å². The normalized spacial score (nSPS) is 21.0. The van der Waals surface area contributed by atoms with E-state index in [-0.39, 0.29) is 11.1 Å². The van der Waals surface area contributed by atoms with Gasteiger partial charge < -0.3 is 0 Å². The van der Waals surface area contributed by atoms with Gasteiger partial charge in [0.1, 0.15) is 5.82 Å². The first-order valence-corrected chi connectivity index (χ1v) is 11.6. The van der Waals surface area contributed by atoms with Gasteiger partial charge in [0, 0.05) is 5.56 Å². The van der Waals surface area contributed by atoms with Crippen molar-refractivity contribution in [2.24, 2.45) is 11.8 Å². The number of unbranched alkanes of at least 4 members (excludes halogenated alkanes) is 2. The molecule has 4 rings (SSSR count). The van der Waals surface area contributed by atoms with Gasteiger partial charge in [0.15, 0.2) is 17.5 Å². The highest BCUT2D eigenvalue weighted by Gasteiger charge is 2.26. The topological polar surface area (TPSA) is 0 Å². The Morgan fingerprint density at radius 2 is 1.52 bits per heavy atom. The van der Waals surface area contributed by atoms with Crippen LogP contribution in [0, 0.1) is 35.1 Å². The molecule has 0 unspecified atom stereocenters. The molecule has 0 nitrogen and oxygen atoms in total. The van der Waals surface area contributed by atoms with Gasteiger partial charge in [-0.1, -0.05) is 44.3 Å². The van der Waals surface area contributed by atoms with E-state index < -0.39 is 23.3 Å². The minimum Gasteiger partial charge on any atom is -0.206 e. The van der Waals surface area contributed by atoms with Crippen molar-refractivity contribution in [2.75, 3.05) is 0 Å². The maximum atomic E-state index is 14.8. The molecule has 1 saturated carbocycles. The van der Waals surface area contributed by atoms with Crippen LogP contribution in [-0.4, -0.2) is 0 Å². The van der Waals surface area contributed by atoms with Crippen LogP contribution >= 0.6 is 0 Å². The zero-order valence-electron chi connectivity index (χ0n) is 18.1. The first-order valence-electron chi connectivity index (χ1n) is 11.6. The van der Waals surface area contributed by atoms with E-state index in [2.05, 4.69) is 13.0 Å². The molecule has 1 fully saturated rings. The smallest absolute Gasteiger partial charge is 0.194 e. The largest absolute Gasteiger partial charge is 0.206 e. The first kappa shape index (κ1) is 22.1. The van der Waals surface area contributed by atoms with Gasteiger partial charge in [0.25, 0.3) is 0 Å². The van der Waals surface area contributed by atoms with Crippen LogP contribution < -0.4 is 0 Å². The summed E-state index contributed by atoms with van der Waals surface area (Å²) < 4.78 is 55.3. The summed E-state index contributed by atoms with van der Waals surface area (Å²) in [5.74, 6) is -3.23. The van der Waals surface area contributed by atoms with Crippen LogP contribution in [-0.2, 0) is 12.8 Å². The van der Waals surface area contributed by atoms with E-state index in [0.717, 1.165) is 35.6 Å². The second kappa shape index (κ2) is 9.58. The Bertz CT molecular complexity index is 944. The molecule has 0 radical (unpaired) electrons. The lowest BCUT2D eigenvalue weighted by Gasteiger charge is -2.32. The molecule has 0 spiro atoms. The standard InChI is InChI=1S/C27H30F4/c1-2-3-4-5-17-6-8-18(9-7-17)19-10-11-20-13-23(24(28)14-21(20)12-19)22-15-25(29)27(31)26(30)16-22/h10,13-18H,2-9,11-12H2,1H3. The molecule has 2 aliphatic rings. The highest BCUT2D eigenvalue weighted by Crippen LogP contribution is 2.39. The molecule has 0 atom stereocenters. The van der Waals surface area contributed by atoms with E-state index in [4.69, 9.17) is 0 Å². The molecule has 2 aromatic rings. The highest BCUT2D eigenvalue weighted by molar-refractivity contribution is 5.66. The zero-order chi connectivity index (χ0) is 22.0. The minimum absolute atomic E-state index is 0.0212. The molecule has 0 bridgehead atoms. The van der Waals surface area contributed by atoms with Crippen molar-refractivity contribution in [3.05, 3.63) is 70.3 Å². The average molecular weight is 431 g/mol. The lowest BCUT2D eigenvalue weighted by Crippen LogP contribution is -2.19. The Hall–Kier alpha value is -2.10. The van der Waals surface area contributed by atoms with Gasteiger partial charge in [-0.3, -0.25) is 0 Å². The molecule has 0 N–H and O–H groups in total. The summed E-state index contributed by atoms with van der Waals surface area (Å²) in [7, 11) is 0. The molecule has 0 amide bonds. The van der Waals surface area contributed by atoms with Crippen molar-refractivity contribution in [1.29, 1.82) is 0 Å². The molecule has 0 heterocycles. The molecule has 166 valence electrons. The number of hydrogen-bond donors (Lipinski definition) is 0. The SMILES string of the molecule is CCCCCC1CCC(C2=CCc3cc(-c4cc(F)c(F)c(F)c4)c(F)cc3C2)CC1. The predicted molar refractivity (Wildman–Crippen MR) is 117 cm³/mol. The third-order valence-corrected chi connectivity index (χ3v) is 7.15. The Balaban J connectivity index is 1.46. The lowest BCUT2D eigenvalue weighted by molar-refractivity contribution is 0.279. The van der Waals surface area contributed by atoms with Crippen LogP contribution in [0.25, 0.3) is 11.1 Å². The van der Waals surface area contributed by atoms with Gasteiger partial charge in [-0.2, -0.15) is 0 Å². The number of rotatable bonds is 6. The number of halogens is 4. The van der Waals surface area contributed by atoms with Crippen LogP contribution in [0.2, 0.25) is 0 Å². The molecule has 2 aliphatic carbocycles. The van der Waals surface area contributed by atoms with Crippen molar-refractivity contribution >= 4 is 0 Å². The quantitative estimate of drug-likeness (QED) is 0.187. The van der Waals surface area contributed by atoms with Crippen molar-refractivity contribution in [3.63, 3.8) is 0 Å². The first-order chi connectivity index (χ1) is 15.0. The third-order valence-electron chi connectivity index (χ3n) is 7.15. The highest BCUT2D eigenvalue weighted by atomic mass is 19.2. The van der Waals surface area contributed by atoms with E-state index >= 15 is 0 Å². The fraction of sp³-hybridized carbons (Fsp3) is 0.481. The van der Waals surface area contributed by atoms with Crippen LogP contribution in [0.5, 0.6) is 0 Å². The fourth-order valence-electron chi connectivity index (χ4n) is 5.30. The van der Waals surface area contributed by atoms with Crippen LogP contribution in [0.15, 0.2) is 35.9 Å². The molecule has 0 aromatic heterocycles. The van der Waals surface area contributed by atoms with Gasteiger partial charge in [0.2, 0.25) is 0 Å². The maximum absolute atomic E-state index is 14.8. The summed E-state index contributed by atoms with van der Waals surface area (Å²) in [6, 6.07) is 4.86. The predicted octanol–water partition coefficient (Wildman–Crippen LogP) is 8.32. The Kier molecular flexibility index (Phi) is 6.83. The van der Waals surface area contributed by atoms with Crippen LogP contribution in [0.4, 0.5) is 17.6 Å². The van der Waals surface area contributed by atoms with Crippen molar-refractivity contribution < 1.29 is 17.6 Å². The molecule has 31 heavy (non-hydrogen) atoms. The summed E-state index contributed by atoms with van der Waals surface area (Å²) >= 11 is 0. The Labute approximate surface area is 182 Å². The summed E-state index contributed by atoms with van der Waals surface area (Å²) in [6.45, 7) is 2.24. The fourth-order valence-corrected chi connectivity index (χ4v) is 5.30. The number of hydrogen-bond acceptors (Lipinski definition) is 0. The lowest BCUT2D eigenvalue weighted by atomic mass is 9.73. The molecule has 2 aromatic carbocycles. The van der Waals surface area contributed by atoms with Gasteiger partial charge in [-0.15, -0.1) is 0 Å². The monoisotopic (exact) mass is 430 g/mol. The van der Waals surface area contributed by atoms with E-state index in [1.165, 1.54) is 63.0 Å². The summed E-state index contributed by atoms with van der Waals surface area (Å²) in [5, 5.41) is 0. The van der Waals surface area contributed by atoms with E-state index in [0.29, 0.717) is 12.3 Å². The number of fused-ring (bicyclic) bond motifs is 1. The van der Waals surface area contributed by atoms with Crippen molar-refractivity contribution in [1.82, 2.24) is 0 Å². The molecular formula is C27H30F4. The van der Waals surface area contributed by atoms with Crippen LogP contribution in [0.1, 0.15) is 69.4 Å². The molecule has 0 saturated heterocycles. The van der Waals surface area contributed by atoms with Gasteiger partial charge in [-0.25, -0.2) is 17.6 Å². The number of allylic oxidation sites excluding steroid dienone is 2. The van der Waals surface area contributed by atoms with Crippen molar-refractivity contribution in [3.8, 4) is 11.1 Å². The zero-order valence-corrected chi connectivity index (χ0v) is 18.1. The summed E-state index contributed by atoms with van der Waals surface area (Å²) in [5.41, 5.74) is 3.46. The van der Waals surface area contributed by atoms with E-state index in [9.17, 15) is 17.6 Å². The molecular weight excluding hydrogens is 400 g/mol. The minimum atomic E-state index is -1.53. The number of benzene rings is 2. The average Bonchev–Trinajstić information content (AvgIpc) is 2.77. The van der Waals surface area contributed by atoms with E-state index in [1.807, 2.05) is 0 Å². The molecule has 4 heteroatoms. The second-order valence-electron chi connectivity index (χ2n) is 9.23. The van der Waals surface area contributed by atoms with E-state index in [1.54, 1.807) is 6.07 Å². The second-order valence-corrected chi connectivity index (χ2v) is 9.23. The van der Waals surface area contributed by atoms with Gasteiger partial charge in [0.05, 0.1) is 0 Å². The Morgan fingerprint density at radius 1 is 0.806 bits per heavy atom. The Morgan fingerprint density at radius 3 is 2.19 bits per heavy atom. The maximum Gasteiger partial charge on any atom is 0.194 e. The van der Waals surface area contributed by atoms with Crippen molar-refractivity contribution in [2.45, 2.75) is 71.1 Å². The van der Waals surface area contributed by atoms with Gasteiger partial charge in [-0.05, 0) is 91.3 Å². The summed E-state index contributed by atoms with van der Waals surface area (Å²) in [4.78, 5) is 0. The summed E-state index contributed by atoms with van der Waals surface area (Å²) in [6.07, 6.45) is 14.0. The molecule has 0 aliphatic heterocycles. The third kappa shape index (κ3) is 4.88.